The fraction of sp³-hybridized carbons (Fsp3) is 0. The van der Waals surface area contributed by atoms with Crippen molar-refractivity contribution in [2.75, 3.05) is 0 Å². The molecule has 0 amide bonds. The zero-order valence-electron chi connectivity index (χ0n) is 6.59. The second kappa shape index (κ2) is 3.00. The van der Waals surface area contributed by atoms with Gasteiger partial charge in [-0.2, -0.15) is 0 Å². The van der Waals surface area contributed by atoms with Crippen LogP contribution in [0.1, 0.15) is 0 Å². The lowest BCUT2D eigenvalue weighted by molar-refractivity contribution is 0.478. The summed E-state index contributed by atoms with van der Waals surface area (Å²) in [4.78, 5) is 0. The Kier molecular flexibility index (Phi) is 1.96. The standard InChI is InChI=1S/C10H6BrFO/c11-7-4-5-8(12)10-6(7)2-1-3-9(10)13/h1-5,13H. The molecule has 0 heterocycles. The summed E-state index contributed by atoms with van der Waals surface area (Å²) in [6.07, 6.45) is 0. The van der Waals surface area contributed by atoms with Gasteiger partial charge in [0.25, 0.3) is 0 Å². The maximum Gasteiger partial charge on any atom is 0.134 e. The van der Waals surface area contributed by atoms with Gasteiger partial charge in [0.1, 0.15) is 11.6 Å². The van der Waals surface area contributed by atoms with Crippen molar-refractivity contribution in [3.63, 3.8) is 0 Å². The van der Waals surface area contributed by atoms with Gasteiger partial charge in [-0.05, 0) is 18.2 Å². The normalized spacial score (nSPS) is 10.6. The van der Waals surface area contributed by atoms with E-state index in [0.29, 0.717) is 5.39 Å². The summed E-state index contributed by atoms with van der Waals surface area (Å²) < 4.78 is 14.0. The predicted molar refractivity (Wildman–Crippen MR) is 53.3 cm³/mol. The van der Waals surface area contributed by atoms with Gasteiger partial charge in [-0.15, -0.1) is 0 Å². The number of phenolic OH excluding ortho intramolecular Hbond substituents is 1. The van der Waals surface area contributed by atoms with Crippen LogP contribution in [0.2, 0.25) is 0 Å². The zero-order valence-corrected chi connectivity index (χ0v) is 8.18. The van der Waals surface area contributed by atoms with Crippen LogP contribution in [0.25, 0.3) is 10.8 Å². The molecule has 0 unspecified atom stereocenters. The van der Waals surface area contributed by atoms with E-state index in [1.807, 2.05) is 0 Å². The summed E-state index contributed by atoms with van der Waals surface area (Å²) in [5.41, 5.74) is 0. The molecule has 0 fully saturated rings. The first-order valence-electron chi connectivity index (χ1n) is 3.76. The first-order valence-corrected chi connectivity index (χ1v) is 4.55. The SMILES string of the molecule is Oc1cccc2c(Br)ccc(F)c12. The average Bonchev–Trinajstić information content (AvgIpc) is 2.12. The molecule has 0 aliphatic heterocycles. The molecule has 0 saturated carbocycles. The summed E-state index contributed by atoms with van der Waals surface area (Å²) in [6, 6.07) is 7.85. The average molecular weight is 241 g/mol. The highest BCUT2D eigenvalue weighted by Crippen LogP contribution is 2.31. The van der Waals surface area contributed by atoms with E-state index in [1.54, 1.807) is 18.2 Å². The van der Waals surface area contributed by atoms with E-state index >= 15 is 0 Å². The minimum Gasteiger partial charge on any atom is -0.507 e. The maximum absolute atomic E-state index is 13.2. The molecule has 0 aliphatic carbocycles. The molecule has 2 aromatic carbocycles. The number of benzene rings is 2. The molecule has 0 aromatic heterocycles. The zero-order chi connectivity index (χ0) is 9.42. The van der Waals surface area contributed by atoms with Crippen molar-refractivity contribution >= 4 is 26.7 Å². The summed E-state index contributed by atoms with van der Waals surface area (Å²) in [5, 5.41) is 10.4. The Labute approximate surface area is 82.9 Å². The topological polar surface area (TPSA) is 20.2 Å². The molecule has 0 atom stereocenters. The van der Waals surface area contributed by atoms with Crippen molar-refractivity contribution in [2.24, 2.45) is 0 Å². The molecule has 0 spiro atoms. The first-order chi connectivity index (χ1) is 6.20. The third kappa shape index (κ3) is 1.29. The minimum atomic E-state index is -0.406. The van der Waals surface area contributed by atoms with Crippen LogP contribution in [0, 0.1) is 5.82 Å². The van der Waals surface area contributed by atoms with Crippen molar-refractivity contribution in [1.29, 1.82) is 0 Å². The third-order valence-electron chi connectivity index (χ3n) is 1.91. The fourth-order valence-corrected chi connectivity index (χ4v) is 1.77. The van der Waals surface area contributed by atoms with Crippen LogP contribution in [0.15, 0.2) is 34.8 Å². The highest BCUT2D eigenvalue weighted by Gasteiger charge is 2.07. The Balaban J connectivity index is 3.00. The van der Waals surface area contributed by atoms with Crippen molar-refractivity contribution in [3.05, 3.63) is 40.6 Å². The Morgan fingerprint density at radius 1 is 1.15 bits per heavy atom. The van der Waals surface area contributed by atoms with Crippen LogP contribution >= 0.6 is 15.9 Å². The Bertz CT molecular complexity index is 459. The van der Waals surface area contributed by atoms with Crippen LogP contribution < -0.4 is 0 Å². The van der Waals surface area contributed by atoms with Gasteiger partial charge in [-0.1, -0.05) is 28.1 Å². The van der Waals surface area contributed by atoms with E-state index in [1.165, 1.54) is 12.1 Å². The number of aromatic hydroxyl groups is 1. The number of rotatable bonds is 0. The molecular weight excluding hydrogens is 235 g/mol. The van der Waals surface area contributed by atoms with Gasteiger partial charge in [0, 0.05) is 9.86 Å². The Morgan fingerprint density at radius 2 is 1.92 bits per heavy atom. The summed E-state index contributed by atoms with van der Waals surface area (Å²) >= 11 is 3.29. The number of hydrogen-bond donors (Lipinski definition) is 1. The lowest BCUT2D eigenvalue weighted by Gasteiger charge is -2.03. The maximum atomic E-state index is 13.2. The predicted octanol–water partition coefficient (Wildman–Crippen LogP) is 3.45. The Hall–Kier alpha value is -1.09. The third-order valence-corrected chi connectivity index (χ3v) is 2.61. The van der Waals surface area contributed by atoms with E-state index in [0.717, 1.165) is 4.47 Å². The molecule has 3 heteroatoms. The van der Waals surface area contributed by atoms with E-state index in [-0.39, 0.29) is 11.1 Å². The van der Waals surface area contributed by atoms with E-state index < -0.39 is 5.82 Å². The second-order valence-corrected chi connectivity index (χ2v) is 3.58. The number of fused-ring (bicyclic) bond motifs is 1. The van der Waals surface area contributed by atoms with Gasteiger partial charge in [-0.25, -0.2) is 4.39 Å². The molecule has 2 rings (SSSR count). The molecule has 1 N–H and O–H groups in total. The summed E-state index contributed by atoms with van der Waals surface area (Å²) in [6.45, 7) is 0. The van der Waals surface area contributed by atoms with Crippen molar-refractivity contribution < 1.29 is 9.50 Å². The monoisotopic (exact) mass is 240 g/mol. The van der Waals surface area contributed by atoms with E-state index in [9.17, 15) is 9.50 Å². The van der Waals surface area contributed by atoms with Gasteiger partial charge in [0.05, 0.1) is 5.39 Å². The van der Waals surface area contributed by atoms with Gasteiger partial charge in [0.15, 0.2) is 0 Å². The smallest absolute Gasteiger partial charge is 0.134 e. The Morgan fingerprint density at radius 3 is 2.62 bits per heavy atom. The van der Waals surface area contributed by atoms with Crippen LogP contribution in [-0.2, 0) is 0 Å². The van der Waals surface area contributed by atoms with Gasteiger partial charge in [0.2, 0.25) is 0 Å². The fourth-order valence-electron chi connectivity index (χ4n) is 1.31. The van der Waals surface area contributed by atoms with Crippen molar-refractivity contribution in [2.45, 2.75) is 0 Å². The minimum absolute atomic E-state index is 0.0312. The van der Waals surface area contributed by atoms with Crippen LogP contribution in [0.4, 0.5) is 4.39 Å². The van der Waals surface area contributed by atoms with Crippen molar-refractivity contribution in [1.82, 2.24) is 0 Å². The summed E-state index contributed by atoms with van der Waals surface area (Å²) in [5.74, 6) is -0.437. The molecule has 0 radical (unpaired) electrons. The molecule has 13 heavy (non-hydrogen) atoms. The number of halogens is 2. The van der Waals surface area contributed by atoms with Gasteiger partial charge >= 0.3 is 0 Å². The summed E-state index contributed by atoms with van der Waals surface area (Å²) in [7, 11) is 0. The highest BCUT2D eigenvalue weighted by atomic mass is 79.9. The van der Waals surface area contributed by atoms with Gasteiger partial charge in [-0.3, -0.25) is 0 Å². The molecular formula is C10H6BrFO. The van der Waals surface area contributed by atoms with E-state index in [2.05, 4.69) is 15.9 Å². The van der Waals surface area contributed by atoms with Crippen molar-refractivity contribution in [3.8, 4) is 5.75 Å². The molecule has 0 aliphatic rings. The molecule has 66 valence electrons. The molecule has 0 bridgehead atoms. The van der Waals surface area contributed by atoms with Gasteiger partial charge < -0.3 is 5.11 Å². The number of phenols is 1. The quantitative estimate of drug-likeness (QED) is 0.748. The molecule has 0 saturated heterocycles. The van der Waals surface area contributed by atoms with E-state index in [4.69, 9.17) is 0 Å². The molecule has 1 nitrogen and oxygen atoms in total. The molecule has 2 aromatic rings. The largest absolute Gasteiger partial charge is 0.507 e. The van der Waals surface area contributed by atoms with Crippen LogP contribution in [0.5, 0.6) is 5.75 Å². The van der Waals surface area contributed by atoms with Crippen LogP contribution in [-0.4, -0.2) is 5.11 Å². The lowest BCUT2D eigenvalue weighted by Crippen LogP contribution is -1.81. The number of hydrogen-bond acceptors (Lipinski definition) is 1. The lowest BCUT2D eigenvalue weighted by atomic mass is 10.1. The second-order valence-electron chi connectivity index (χ2n) is 2.73. The van der Waals surface area contributed by atoms with Crippen LogP contribution in [0.3, 0.4) is 0 Å². The highest BCUT2D eigenvalue weighted by molar-refractivity contribution is 9.10. The first kappa shape index (κ1) is 8.51.